The van der Waals surface area contributed by atoms with Gasteiger partial charge in [0.15, 0.2) is 0 Å². The predicted molar refractivity (Wildman–Crippen MR) is 66.4 cm³/mol. The molecule has 0 bridgehead atoms. The maximum absolute atomic E-state index is 5.36. The molecule has 88 valence electrons. The van der Waals surface area contributed by atoms with Crippen molar-refractivity contribution in [1.29, 1.82) is 0 Å². The van der Waals surface area contributed by atoms with Gasteiger partial charge in [0.05, 0.1) is 0 Å². The molecule has 0 spiro atoms. The Balaban J connectivity index is 1.77. The van der Waals surface area contributed by atoms with E-state index in [1.165, 1.54) is 18.4 Å². The molecule has 1 saturated heterocycles. The van der Waals surface area contributed by atoms with Crippen molar-refractivity contribution in [3.63, 3.8) is 0 Å². The van der Waals surface area contributed by atoms with Crippen LogP contribution in [0.5, 0.6) is 0 Å². The zero-order valence-corrected chi connectivity index (χ0v) is 9.99. The van der Waals surface area contributed by atoms with Crippen molar-refractivity contribution in [3.8, 4) is 0 Å². The molecule has 0 aromatic heterocycles. The molecule has 1 N–H and O–H groups in total. The molecule has 2 heteroatoms. The highest BCUT2D eigenvalue weighted by Crippen LogP contribution is 2.16. The zero-order valence-electron chi connectivity index (χ0n) is 9.99. The van der Waals surface area contributed by atoms with Gasteiger partial charge in [-0.25, -0.2) is 0 Å². The first kappa shape index (κ1) is 11.6. The Hall–Kier alpha value is -0.860. The lowest BCUT2D eigenvalue weighted by molar-refractivity contribution is 0.0656. The smallest absolute Gasteiger partial charge is 0.0469 e. The van der Waals surface area contributed by atoms with Gasteiger partial charge in [0.1, 0.15) is 0 Å². The van der Waals surface area contributed by atoms with Gasteiger partial charge in [-0.3, -0.25) is 0 Å². The number of nitrogens with one attached hydrogen (secondary N) is 1. The minimum absolute atomic E-state index is 0.448. The summed E-state index contributed by atoms with van der Waals surface area (Å²) in [7, 11) is 0. The Morgan fingerprint density at radius 3 is 2.62 bits per heavy atom. The second-order valence-corrected chi connectivity index (χ2v) is 4.60. The van der Waals surface area contributed by atoms with E-state index in [4.69, 9.17) is 4.74 Å². The minimum Gasteiger partial charge on any atom is -0.381 e. The fraction of sp³-hybridized carbons (Fsp3) is 0.571. The van der Waals surface area contributed by atoms with Crippen LogP contribution in [-0.4, -0.2) is 19.8 Å². The van der Waals surface area contributed by atoms with E-state index in [1.807, 2.05) is 0 Å². The molecule has 0 radical (unpaired) electrons. The number of rotatable bonds is 4. The van der Waals surface area contributed by atoms with Gasteiger partial charge in [0.25, 0.3) is 0 Å². The maximum atomic E-state index is 5.36. The second kappa shape index (κ2) is 6.02. The average molecular weight is 219 g/mol. The largest absolute Gasteiger partial charge is 0.381 e. The average Bonchev–Trinajstić information content (AvgIpc) is 2.38. The number of ether oxygens (including phenoxy) is 1. The van der Waals surface area contributed by atoms with Gasteiger partial charge >= 0.3 is 0 Å². The Morgan fingerprint density at radius 1 is 1.25 bits per heavy atom. The molecule has 0 saturated carbocycles. The number of benzene rings is 1. The van der Waals surface area contributed by atoms with Crippen molar-refractivity contribution >= 4 is 0 Å². The van der Waals surface area contributed by atoms with Crippen LogP contribution in [-0.2, 0) is 4.74 Å². The van der Waals surface area contributed by atoms with Crippen LogP contribution in [0.15, 0.2) is 30.3 Å². The van der Waals surface area contributed by atoms with E-state index >= 15 is 0 Å². The SMILES string of the molecule is CC(NCC1CCOCC1)c1ccccc1. The van der Waals surface area contributed by atoms with Crippen LogP contribution in [0.25, 0.3) is 0 Å². The molecule has 2 rings (SSSR count). The van der Waals surface area contributed by atoms with E-state index in [2.05, 4.69) is 42.6 Å². The van der Waals surface area contributed by atoms with E-state index in [0.717, 1.165) is 25.7 Å². The first-order valence-corrected chi connectivity index (χ1v) is 6.22. The lowest BCUT2D eigenvalue weighted by Gasteiger charge is -2.24. The van der Waals surface area contributed by atoms with Crippen LogP contribution in [0.4, 0.5) is 0 Å². The summed E-state index contributed by atoms with van der Waals surface area (Å²) in [5.74, 6) is 0.792. The summed E-state index contributed by atoms with van der Waals surface area (Å²) in [6.45, 7) is 5.21. The topological polar surface area (TPSA) is 21.3 Å². The monoisotopic (exact) mass is 219 g/mol. The summed E-state index contributed by atoms with van der Waals surface area (Å²) in [5, 5.41) is 3.61. The van der Waals surface area contributed by atoms with Crippen molar-refractivity contribution < 1.29 is 4.74 Å². The first-order valence-electron chi connectivity index (χ1n) is 6.22. The fourth-order valence-corrected chi connectivity index (χ4v) is 2.15. The summed E-state index contributed by atoms with van der Waals surface area (Å²) in [6, 6.07) is 11.1. The molecule has 1 unspecified atom stereocenters. The fourth-order valence-electron chi connectivity index (χ4n) is 2.15. The number of hydrogen-bond acceptors (Lipinski definition) is 2. The second-order valence-electron chi connectivity index (χ2n) is 4.60. The highest BCUT2D eigenvalue weighted by atomic mass is 16.5. The van der Waals surface area contributed by atoms with Gasteiger partial charge in [-0.1, -0.05) is 30.3 Å². The lowest BCUT2D eigenvalue weighted by Crippen LogP contribution is -2.29. The van der Waals surface area contributed by atoms with Gasteiger partial charge in [-0.2, -0.15) is 0 Å². The van der Waals surface area contributed by atoms with Crippen molar-refractivity contribution in [2.75, 3.05) is 19.8 Å². The zero-order chi connectivity index (χ0) is 11.2. The van der Waals surface area contributed by atoms with E-state index < -0.39 is 0 Å². The van der Waals surface area contributed by atoms with E-state index in [-0.39, 0.29) is 0 Å². The van der Waals surface area contributed by atoms with Crippen LogP contribution in [0.3, 0.4) is 0 Å². The predicted octanol–water partition coefficient (Wildman–Crippen LogP) is 2.76. The first-order chi connectivity index (χ1) is 7.86. The van der Waals surface area contributed by atoms with Crippen molar-refractivity contribution in [1.82, 2.24) is 5.32 Å². The standard InChI is InChI=1S/C14H21NO/c1-12(14-5-3-2-4-6-14)15-11-13-7-9-16-10-8-13/h2-6,12-13,15H,7-11H2,1H3. The molecule has 0 amide bonds. The maximum Gasteiger partial charge on any atom is 0.0469 e. The normalized spacial score (nSPS) is 19.6. The molecule has 2 nitrogen and oxygen atoms in total. The van der Waals surface area contributed by atoms with Crippen LogP contribution >= 0.6 is 0 Å². The van der Waals surface area contributed by atoms with Crippen LogP contribution < -0.4 is 5.32 Å². The van der Waals surface area contributed by atoms with Gasteiger partial charge in [0, 0.05) is 19.3 Å². The molecular weight excluding hydrogens is 198 g/mol. The van der Waals surface area contributed by atoms with E-state index in [0.29, 0.717) is 6.04 Å². The van der Waals surface area contributed by atoms with Gasteiger partial charge in [-0.15, -0.1) is 0 Å². The van der Waals surface area contributed by atoms with Crippen LogP contribution in [0.2, 0.25) is 0 Å². The summed E-state index contributed by atoms with van der Waals surface area (Å²) in [5.41, 5.74) is 1.37. The van der Waals surface area contributed by atoms with Crippen molar-refractivity contribution in [2.45, 2.75) is 25.8 Å². The Labute approximate surface area is 98.0 Å². The molecule has 1 aromatic carbocycles. The van der Waals surface area contributed by atoms with Gasteiger partial charge in [-0.05, 0) is 37.8 Å². The van der Waals surface area contributed by atoms with Crippen LogP contribution in [0, 0.1) is 5.92 Å². The minimum atomic E-state index is 0.448. The molecule has 0 aliphatic carbocycles. The highest BCUT2D eigenvalue weighted by Gasteiger charge is 2.14. The third kappa shape index (κ3) is 3.32. The summed E-state index contributed by atoms with van der Waals surface area (Å²) in [4.78, 5) is 0. The summed E-state index contributed by atoms with van der Waals surface area (Å²) >= 11 is 0. The van der Waals surface area contributed by atoms with Crippen LogP contribution in [0.1, 0.15) is 31.4 Å². The van der Waals surface area contributed by atoms with E-state index in [1.54, 1.807) is 0 Å². The summed E-state index contributed by atoms with van der Waals surface area (Å²) in [6.07, 6.45) is 2.41. The Bertz CT molecular complexity index is 293. The third-order valence-corrected chi connectivity index (χ3v) is 3.35. The van der Waals surface area contributed by atoms with Gasteiger partial charge < -0.3 is 10.1 Å². The van der Waals surface area contributed by atoms with E-state index in [9.17, 15) is 0 Å². The van der Waals surface area contributed by atoms with Crippen molar-refractivity contribution in [2.24, 2.45) is 5.92 Å². The van der Waals surface area contributed by atoms with Gasteiger partial charge in [0.2, 0.25) is 0 Å². The quantitative estimate of drug-likeness (QED) is 0.840. The Kier molecular flexibility index (Phi) is 4.37. The lowest BCUT2D eigenvalue weighted by atomic mass is 9.99. The molecule has 1 aliphatic rings. The number of hydrogen-bond donors (Lipinski definition) is 1. The molecule has 1 aromatic rings. The third-order valence-electron chi connectivity index (χ3n) is 3.35. The molecule has 1 atom stereocenters. The molecule has 1 heterocycles. The molecule has 1 aliphatic heterocycles. The molecular formula is C14H21NO. The highest BCUT2D eigenvalue weighted by molar-refractivity contribution is 5.17. The van der Waals surface area contributed by atoms with Crippen molar-refractivity contribution in [3.05, 3.63) is 35.9 Å². The molecule has 16 heavy (non-hydrogen) atoms. The summed E-state index contributed by atoms with van der Waals surface area (Å²) < 4.78 is 5.36. The Morgan fingerprint density at radius 2 is 1.94 bits per heavy atom. The molecule has 1 fully saturated rings.